The second kappa shape index (κ2) is 6.43. The third-order valence-corrected chi connectivity index (χ3v) is 6.36. The number of sulfone groups is 1. The van der Waals surface area contributed by atoms with Gasteiger partial charge in [0.25, 0.3) is 0 Å². The number of anilines is 2. The molecule has 1 rings (SSSR count). The Balaban J connectivity index is 2.91. The fourth-order valence-corrected chi connectivity index (χ4v) is 3.48. The maximum atomic E-state index is 13.0. The molecule has 1 aromatic carbocycles. The molecule has 0 bridgehead atoms. The van der Waals surface area contributed by atoms with Gasteiger partial charge in [0, 0.05) is 5.69 Å². The molecular formula is C14H21FN2O3S. The van der Waals surface area contributed by atoms with Gasteiger partial charge in [-0.25, -0.2) is 12.8 Å². The molecule has 0 aliphatic rings. The molecule has 0 aliphatic carbocycles. The quantitative estimate of drug-likeness (QED) is 0.815. The van der Waals surface area contributed by atoms with Crippen molar-refractivity contribution in [2.24, 2.45) is 5.92 Å². The van der Waals surface area contributed by atoms with Gasteiger partial charge in [0.2, 0.25) is 5.91 Å². The number of nitrogens with two attached hydrogens (primary N) is 1. The molecule has 1 aromatic rings. The van der Waals surface area contributed by atoms with E-state index >= 15 is 0 Å². The van der Waals surface area contributed by atoms with Gasteiger partial charge in [0.15, 0.2) is 9.84 Å². The molecule has 0 radical (unpaired) electrons. The number of halogens is 1. The molecule has 0 saturated carbocycles. The Morgan fingerprint density at radius 2 is 1.81 bits per heavy atom. The van der Waals surface area contributed by atoms with E-state index in [1.165, 1.54) is 19.1 Å². The first-order valence-corrected chi connectivity index (χ1v) is 8.27. The van der Waals surface area contributed by atoms with Crippen molar-refractivity contribution >= 4 is 27.1 Å². The van der Waals surface area contributed by atoms with E-state index in [1.807, 2.05) is 0 Å². The Bertz CT molecular complexity index is 629. The zero-order valence-electron chi connectivity index (χ0n) is 12.6. The van der Waals surface area contributed by atoms with E-state index in [1.54, 1.807) is 20.8 Å². The summed E-state index contributed by atoms with van der Waals surface area (Å²) in [6, 6.07) is 3.69. The van der Waals surface area contributed by atoms with Crippen LogP contribution in [0.15, 0.2) is 18.2 Å². The minimum atomic E-state index is -3.59. The molecule has 0 aromatic heterocycles. The highest BCUT2D eigenvalue weighted by Crippen LogP contribution is 2.20. The van der Waals surface area contributed by atoms with Crippen LogP contribution in [0.25, 0.3) is 0 Å². The lowest BCUT2D eigenvalue weighted by Crippen LogP contribution is -2.39. The van der Waals surface area contributed by atoms with Gasteiger partial charge >= 0.3 is 0 Å². The van der Waals surface area contributed by atoms with Crippen LogP contribution in [-0.4, -0.2) is 24.8 Å². The monoisotopic (exact) mass is 316 g/mol. The van der Waals surface area contributed by atoms with Crippen molar-refractivity contribution in [3.63, 3.8) is 0 Å². The molecular weight excluding hydrogens is 295 g/mol. The third kappa shape index (κ3) is 3.93. The minimum Gasteiger partial charge on any atom is -0.396 e. The summed E-state index contributed by atoms with van der Waals surface area (Å²) in [5, 5.41) is 0.623. The van der Waals surface area contributed by atoms with Gasteiger partial charge in [0.1, 0.15) is 11.1 Å². The number of nitrogens with one attached hydrogen (secondary N) is 1. The Kier molecular flexibility index (Phi) is 5.33. The Morgan fingerprint density at radius 3 is 2.29 bits per heavy atom. The summed E-state index contributed by atoms with van der Waals surface area (Å²) in [6.45, 7) is 6.50. The highest BCUT2D eigenvalue weighted by molar-refractivity contribution is 7.93. The average Bonchev–Trinajstić information content (AvgIpc) is 2.40. The van der Waals surface area contributed by atoms with Crippen molar-refractivity contribution in [2.45, 2.75) is 38.2 Å². The van der Waals surface area contributed by atoms with Crippen molar-refractivity contribution in [2.75, 3.05) is 11.1 Å². The average molecular weight is 316 g/mol. The summed E-state index contributed by atoms with van der Waals surface area (Å²) in [5.41, 5.74) is 5.55. The summed E-state index contributed by atoms with van der Waals surface area (Å²) in [6.07, 6.45) is 0. The van der Waals surface area contributed by atoms with Crippen molar-refractivity contribution in [3.05, 3.63) is 24.0 Å². The van der Waals surface area contributed by atoms with E-state index in [2.05, 4.69) is 5.32 Å². The van der Waals surface area contributed by atoms with E-state index in [0.29, 0.717) is 0 Å². The zero-order chi connectivity index (χ0) is 16.4. The van der Waals surface area contributed by atoms with E-state index in [-0.39, 0.29) is 17.3 Å². The lowest BCUT2D eigenvalue weighted by molar-refractivity contribution is -0.115. The topological polar surface area (TPSA) is 89.3 Å². The molecule has 118 valence electrons. The Hall–Kier alpha value is -1.63. The molecule has 0 aliphatic heterocycles. The van der Waals surface area contributed by atoms with Crippen molar-refractivity contribution in [1.29, 1.82) is 0 Å². The summed E-state index contributed by atoms with van der Waals surface area (Å²) in [7, 11) is -3.59. The van der Waals surface area contributed by atoms with Crippen LogP contribution in [0.5, 0.6) is 0 Å². The fourth-order valence-electron chi connectivity index (χ4n) is 1.72. The van der Waals surface area contributed by atoms with Crippen molar-refractivity contribution < 1.29 is 17.6 Å². The minimum absolute atomic E-state index is 0.0910. The smallest absolute Gasteiger partial charge is 0.242 e. The third-order valence-electron chi connectivity index (χ3n) is 3.58. The Morgan fingerprint density at radius 1 is 1.24 bits per heavy atom. The van der Waals surface area contributed by atoms with E-state index in [9.17, 15) is 17.6 Å². The van der Waals surface area contributed by atoms with Gasteiger partial charge in [-0.05, 0) is 38.0 Å². The molecule has 2 unspecified atom stereocenters. The SMILES string of the molecule is CC(C)C(C)S(=O)(=O)C(C)C(=O)Nc1ccc(F)c(N)c1. The van der Waals surface area contributed by atoms with Crippen molar-refractivity contribution in [3.8, 4) is 0 Å². The molecule has 1 amide bonds. The number of amides is 1. The second-order valence-electron chi connectivity index (χ2n) is 5.41. The van der Waals surface area contributed by atoms with Gasteiger partial charge in [0.05, 0.1) is 10.9 Å². The normalized spacial score (nSPS) is 14.8. The summed E-state index contributed by atoms with van der Waals surface area (Å²) >= 11 is 0. The number of hydrogen-bond acceptors (Lipinski definition) is 4. The molecule has 7 heteroatoms. The largest absolute Gasteiger partial charge is 0.396 e. The number of nitrogen functional groups attached to an aromatic ring is 1. The first-order chi connectivity index (χ1) is 9.57. The maximum absolute atomic E-state index is 13.0. The summed E-state index contributed by atoms with van der Waals surface area (Å²) in [4.78, 5) is 12.1. The lowest BCUT2D eigenvalue weighted by Gasteiger charge is -2.21. The summed E-state index contributed by atoms with van der Waals surface area (Å²) < 4.78 is 37.6. The first kappa shape index (κ1) is 17.4. The van der Waals surface area contributed by atoms with Crippen LogP contribution in [-0.2, 0) is 14.6 Å². The van der Waals surface area contributed by atoms with Gasteiger partial charge < -0.3 is 11.1 Å². The van der Waals surface area contributed by atoms with Gasteiger partial charge in [-0.3, -0.25) is 4.79 Å². The number of carbonyl (C=O) groups is 1. The van der Waals surface area contributed by atoms with Gasteiger partial charge in [-0.15, -0.1) is 0 Å². The van der Waals surface area contributed by atoms with Crippen LogP contribution in [0.4, 0.5) is 15.8 Å². The van der Waals surface area contributed by atoms with Crippen LogP contribution in [0.1, 0.15) is 27.7 Å². The van der Waals surface area contributed by atoms with Gasteiger partial charge in [-0.2, -0.15) is 0 Å². The van der Waals surface area contributed by atoms with Crippen LogP contribution >= 0.6 is 0 Å². The Labute approximate surface area is 124 Å². The van der Waals surface area contributed by atoms with Crippen LogP contribution in [0.3, 0.4) is 0 Å². The summed E-state index contributed by atoms with van der Waals surface area (Å²) in [5.74, 6) is -1.35. The van der Waals surface area contributed by atoms with Crippen LogP contribution < -0.4 is 11.1 Å². The van der Waals surface area contributed by atoms with Crippen molar-refractivity contribution in [1.82, 2.24) is 0 Å². The lowest BCUT2D eigenvalue weighted by atomic mass is 10.2. The fraction of sp³-hybridized carbons (Fsp3) is 0.500. The first-order valence-electron chi connectivity index (χ1n) is 6.66. The standard InChI is InChI=1S/C14H21FN2O3S/c1-8(2)9(3)21(19,20)10(4)14(18)17-11-5-6-12(15)13(16)7-11/h5-10H,16H2,1-4H3,(H,17,18). The molecule has 2 atom stereocenters. The molecule has 3 N–H and O–H groups in total. The molecule has 5 nitrogen and oxygen atoms in total. The number of rotatable bonds is 5. The van der Waals surface area contributed by atoms with Crippen LogP contribution in [0.2, 0.25) is 0 Å². The van der Waals surface area contributed by atoms with E-state index in [0.717, 1.165) is 6.07 Å². The van der Waals surface area contributed by atoms with Gasteiger partial charge in [-0.1, -0.05) is 13.8 Å². The highest BCUT2D eigenvalue weighted by atomic mass is 32.2. The number of carbonyl (C=O) groups excluding carboxylic acids is 1. The van der Waals surface area contributed by atoms with E-state index < -0.39 is 32.1 Å². The second-order valence-corrected chi connectivity index (χ2v) is 8.03. The number of hydrogen-bond donors (Lipinski definition) is 2. The molecule has 21 heavy (non-hydrogen) atoms. The zero-order valence-corrected chi connectivity index (χ0v) is 13.4. The molecule has 0 spiro atoms. The maximum Gasteiger partial charge on any atom is 0.242 e. The molecule has 0 saturated heterocycles. The number of benzene rings is 1. The highest BCUT2D eigenvalue weighted by Gasteiger charge is 2.34. The predicted octanol–water partition coefficient (Wildman–Crippen LogP) is 2.19. The van der Waals surface area contributed by atoms with Crippen LogP contribution in [0, 0.1) is 11.7 Å². The van der Waals surface area contributed by atoms with E-state index in [4.69, 9.17) is 5.73 Å². The molecule has 0 fully saturated rings. The molecule has 0 heterocycles. The predicted molar refractivity (Wildman–Crippen MR) is 82.1 cm³/mol.